The summed E-state index contributed by atoms with van der Waals surface area (Å²) in [6, 6.07) is 5.08. The zero-order chi connectivity index (χ0) is 9.90. The summed E-state index contributed by atoms with van der Waals surface area (Å²) in [6.07, 6.45) is -0.380. The summed E-state index contributed by atoms with van der Waals surface area (Å²) in [6.45, 7) is 0. The van der Waals surface area contributed by atoms with E-state index in [1.807, 2.05) is 0 Å². The van der Waals surface area contributed by atoms with Crippen molar-refractivity contribution in [2.24, 2.45) is 0 Å². The van der Waals surface area contributed by atoms with Crippen LogP contribution in [0.15, 0.2) is 24.3 Å². The van der Waals surface area contributed by atoms with Gasteiger partial charge in [-0.15, -0.1) is 0 Å². The zero-order valence-corrected chi connectivity index (χ0v) is 7.46. The maximum absolute atomic E-state index is 12.7. The van der Waals surface area contributed by atoms with E-state index in [0.29, 0.717) is 5.75 Å². The Kier molecular flexibility index (Phi) is 4.17. The zero-order valence-electron chi connectivity index (χ0n) is 7.46. The number of ether oxygens (including phenoxy) is 1. The van der Waals surface area contributed by atoms with E-state index < -0.39 is 5.92 Å². The lowest BCUT2D eigenvalue weighted by molar-refractivity contribution is -0.130. The van der Waals surface area contributed by atoms with E-state index in [-0.39, 0.29) is 17.3 Å². The van der Waals surface area contributed by atoms with Gasteiger partial charge < -0.3 is 10.2 Å². The van der Waals surface area contributed by atoms with E-state index in [0.717, 1.165) is 12.1 Å². The predicted molar refractivity (Wildman–Crippen MR) is 46.6 cm³/mol. The SMILES string of the molecule is COc1ccc(C(F)(F)C=O)cc1.O. The molecule has 0 aliphatic carbocycles. The number of methoxy groups -OCH3 is 1. The van der Waals surface area contributed by atoms with Gasteiger partial charge in [-0.05, 0) is 24.3 Å². The van der Waals surface area contributed by atoms with E-state index >= 15 is 0 Å². The maximum atomic E-state index is 12.7. The number of halogens is 2. The molecule has 0 fully saturated rings. The molecule has 5 heteroatoms. The standard InChI is InChI=1S/C9H8F2O2.H2O/c1-13-8-4-2-7(3-5-8)9(10,11)6-12;/h2-6H,1H3;1H2. The first kappa shape index (κ1) is 12.5. The minimum absolute atomic E-state index is 0. The molecule has 0 spiro atoms. The molecule has 0 radical (unpaired) electrons. The molecule has 1 aromatic carbocycles. The third-order valence-corrected chi connectivity index (χ3v) is 1.62. The fraction of sp³-hybridized carbons (Fsp3) is 0.222. The third-order valence-electron chi connectivity index (χ3n) is 1.62. The molecule has 0 aromatic heterocycles. The number of alkyl halides is 2. The lowest BCUT2D eigenvalue weighted by Crippen LogP contribution is -2.14. The van der Waals surface area contributed by atoms with Crippen molar-refractivity contribution in [3.8, 4) is 5.75 Å². The predicted octanol–water partition coefficient (Wildman–Crippen LogP) is 1.16. The van der Waals surface area contributed by atoms with Crippen molar-refractivity contribution >= 4 is 6.29 Å². The van der Waals surface area contributed by atoms with Crippen LogP contribution in [0.2, 0.25) is 0 Å². The van der Waals surface area contributed by atoms with Crippen LogP contribution in [-0.2, 0) is 10.7 Å². The first-order valence-electron chi connectivity index (χ1n) is 3.59. The molecule has 14 heavy (non-hydrogen) atoms. The Morgan fingerprint density at radius 3 is 2.14 bits per heavy atom. The highest BCUT2D eigenvalue weighted by Gasteiger charge is 2.30. The highest BCUT2D eigenvalue weighted by atomic mass is 19.3. The Balaban J connectivity index is 0.00000169. The second kappa shape index (κ2) is 4.66. The van der Waals surface area contributed by atoms with Crippen molar-refractivity contribution in [2.45, 2.75) is 5.92 Å². The fourth-order valence-corrected chi connectivity index (χ4v) is 0.881. The van der Waals surface area contributed by atoms with Crippen LogP contribution in [0.5, 0.6) is 5.75 Å². The first-order valence-corrected chi connectivity index (χ1v) is 3.59. The molecule has 1 rings (SSSR count). The Labute approximate surface area is 79.6 Å². The van der Waals surface area contributed by atoms with E-state index in [1.165, 1.54) is 19.2 Å². The van der Waals surface area contributed by atoms with Gasteiger partial charge in [0, 0.05) is 5.56 Å². The van der Waals surface area contributed by atoms with Gasteiger partial charge in [-0.3, -0.25) is 4.79 Å². The first-order chi connectivity index (χ1) is 6.10. The Morgan fingerprint density at radius 1 is 1.29 bits per heavy atom. The summed E-state index contributed by atoms with van der Waals surface area (Å²) in [5, 5.41) is 0. The quantitative estimate of drug-likeness (QED) is 0.693. The number of benzene rings is 1. The molecule has 0 unspecified atom stereocenters. The summed E-state index contributed by atoms with van der Waals surface area (Å²) >= 11 is 0. The van der Waals surface area contributed by atoms with Crippen LogP contribution in [-0.4, -0.2) is 18.9 Å². The molecular weight excluding hydrogens is 194 g/mol. The lowest BCUT2D eigenvalue weighted by Gasteiger charge is -2.08. The van der Waals surface area contributed by atoms with Crippen molar-refractivity contribution < 1.29 is 23.8 Å². The summed E-state index contributed by atoms with van der Waals surface area (Å²) in [5.41, 5.74) is -0.330. The summed E-state index contributed by atoms with van der Waals surface area (Å²) in [4.78, 5) is 10.0. The van der Waals surface area contributed by atoms with Crippen LogP contribution in [0.3, 0.4) is 0 Å². The average molecular weight is 204 g/mol. The molecule has 0 aliphatic rings. The normalized spacial score (nSPS) is 10.2. The molecule has 0 amide bonds. The van der Waals surface area contributed by atoms with E-state index in [1.54, 1.807) is 0 Å². The number of aldehydes is 1. The molecule has 3 nitrogen and oxygen atoms in total. The van der Waals surface area contributed by atoms with Crippen molar-refractivity contribution in [1.29, 1.82) is 0 Å². The van der Waals surface area contributed by atoms with Gasteiger partial charge in [0.1, 0.15) is 5.75 Å². The average Bonchev–Trinajstić information content (AvgIpc) is 2.18. The highest BCUT2D eigenvalue weighted by molar-refractivity contribution is 5.63. The Morgan fingerprint density at radius 2 is 1.79 bits per heavy atom. The number of carbonyl (C=O) groups excluding carboxylic acids is 1. The summed E-state index contributed by atoms with van der Waals surface area (Å²) in [7, 11) is 1.44. The van der Waals surface area contributed by atoms with Gasteiger partial charge in [-0.2, -0.15) is 8.78 Å². The molecule has 0 aliphatic heterocycles. The van der Waals surface area contributed by atoms with Crippen molar-refractivity contribution in [1.82, 2.24) is 0 Å². The van der Waals surface area contributed by atoms with Crippen LogP contribution in [0.1, 0.15) is 5.56 Å². The maximum Gasteiger partial charge on any atom is 0.327 e. The van der Waals surface area contributed by atoms with Crippen LogP contribution in [0, 0.1) is 0 Å². The second-order valence-corrected chi connectivity index (χ2v) is 2.47. The molecular formula is C9H10F2O3. The molecule has 1 aromatic rings. The molecule has 0 bridgehead atoms. The van der Waals surface area contributed by atoms with Gasteiger partial charge in [-0.25, -0.2) is 0 Å². The number of hydrogen-bond acceptors (Lipinski definition) is 2. The molecule has 0 atom stereocenters. The van der Waals surface area contributed by atoms with Crippen molar-refractivity contribution in [2.75, 3.05) is 7.11 Å². The van der Waals surface area contributed by atoms with Crippen LogP contribution < -0.4 is 4.74 Å². The van der Waals surface area contributed by atoms with Crippen LogP contribution in [0.4, 0.5) is 8.78 Å². The third kappa shape index (κ3) is 2.50. The van der Waals surface area contributed by atoms with Gasteiger partial charge >= 0.3 is 5.92 Å². The molecule has 2 N–H and O–H groups in total. The van der Waals surface area contributed by atoms with E-state index in [2.05, 4.69) is 0 Å². The van der Waals surface area contributed by atoms with Crippen molar-refractivity contribution in [3.05, 3.63) is 29.8 Å². The number of carbonyl (C=O) groups is 1. The van der Waals surface area contributed by atoms with E-state index in [4.69, 9.17) is 4.74 Å². The summed E-state index contributed by atoms with van der Waals surface area (Å²) in [5.74, 6) is -2.93. The lowest BCUT2D eigenvalue weighted by atomic mass is 10.1. The smallest absolute Gasteiger partial charge is 0.327 e. The minimum atomic E-state index is -3.41. The molecule has 78 valence electrons. The van der Waals surface area contributed by atoms with Crippen LogP contribution in [0.25, 0.3) is 0 Å². The van der Waals surface area contributed by atoms with Crippen molar-refractivity contribution in [3.63, 3.8) is 0 Å². The van der Waals surface area contributed by atoms with Gasteiger partial charge in [0.2, 0.25) is 0 Å². The highest BCUT2D eigenvalue weighted by Crippen LogP contribution is 2.26. The largest absolute Gasteiger partial charge is 0.497 e. The minimum Gasteiger partial charge on any atom is -0.497 e. The van der Waals surface area contributed by atoms with Gasteiger partial charge in [0.05, 0.1) is 7.11 Å². The molecule has 0 saturated carbocycles. The number of hydrogen-bond donors (Lipinski definition) is 0. The van der Waals surface area contributed by atoms with Gasteiger partial charge in [0.15, 0.2) is 6.29 Å². The van der Waals surface area contributed by atoms with Crippen LogP contribution >= 0.6 is 0 Å². The van der Waals surface area contributed by atoms with Gasteiger partial charge in [-0.1, -0.05) is 0 Å². The Bertz CT molecular complexity index is 295. The fourth-order valence-electron chi connectivity index (χ4n) is 0.881. The monoisotopic (exact) mass is 204 g/mol. The molecule has 0 saturated heterocycles. The number of rotatable bonds is 3. The summed E-state index contributed by atoms with van der Waals surface area (Å²) < 4.78 is 30.2. The Hall–Kier alpha value is -1.49. The molecule has 0 heterocycles. The topological polar surface area (TPSA) is 57.8 Å². The van der Waals surface area contributed by atoms with E-state index in [9.17, 15) is 13.6 Å². The second-order valence-electron chi connectivity index (χ2n) is 2.47. The van der Waals surface area contributed by atoms with Gasteiger partial charge in [0.25, 0.3) is 0 Å².